The summed E-state index contributed by atoms with van der Waals surface area (Å²) in [4.78, 5) is 3.67. The number of hydrogen-bond donors (Lipinski definition) is 1. The predicted octanol–water partition coefficient (Wildman–Crippen LogP) is 2.96. The molecule has 4 heteroatoms. The molecule has 2 nitrogen and oxygen atoms in total. The highest BCUT2D eigenvalue weighted by Gasteiger charge is 2.27. The average Bonchev–Trinajstić information content (AvgIpc) is 2.66. The maximum Gasteiger partial charge on any atom is 0.218 e. The van der Waals surface area contributed by atoms with Crippen molar-refractivity contribution in [2.45, 2.75) is 24.9 Å². The molecule has 0 amide bonds. The van der Waals surface area contributed by atoms with Crippen LogP contribution in [0, 0.1) is 5.95 Å². The Kier molecular flexibility index (Phi) is 3.17. The lowest BCUT2D eigenvalue weighted by atomic mass is 10.1. The van der Waals surface area contributed by atoms with Gasteiger partial charge in [0.05, 0.1) is 0 Å². The second kappa shape index (κ2) is 4.41. The fourth-order valence-corrected chi connectivity index (χ4v) is 2.48. The van der Waals surface area contributed by atoms with Crippen LogP contribution in [-0.4, -0.2) is 11.0 Å². The van der Waals surface area contributed by atoms with Crippen molar-refractivity contribution in [3.05, 3.63) is 40.9 Å². The summed E-state index contributed by atoms with van der Waals surface area (Å²) in [6.07, 6.45) is 5.23. The molecule has 0 bridgehead atoms. The van der Waals surface area contributed by atoms with E-state index in [9.17, 15) is 4.39 Å². The fraction of sp³-hybridized carbons (Fsp3) is 0.364. The van der Waals surface area contributed by atoms with Gasteiger partial charge < -0.3 is 5.32 Å². The summed E-state index contributed by atoms with van der Waals surface area (Å²) in [5.41, 5.74) is 0.627. The smallest absolute Gasteiger partial charge is 0.218 e. The number of halogens is 2. The van der Waals surface area contributed by atoms with E-state index in [0.29, 0.717) is 5.56 Å². The van der Waals surface area contributed by atoms with Crippen molar-refractivity contribution < 1.29 is 4.39 Å². The minimum absolute atomic E-state index is 0.0380. The Labute approximate surface area is 96.7 Å². The van der Waals surface area contributed by atoms with Crippen LogP contribution in [0.3, 0.4) is 0 Å². The molecule has 1 N–H and O–H groups in total. The van der Waals surface area contributed by atoms with Crippen LogP contribution >= 0.6 is 15.9 Å². The van der Waals surface area contributed by atoms with Crippen molar-refractivity contribution in [2.75, 3.05) is 0 Å². The molecule has 15 heavy (non-hydrogen) atoms. The summed E-state index contributed by atoms with van der Waals surface area (Å²) in [7, 11) is 0. The molecule has 80 valence electrons. The molecule has 0 spiro atoms. The van der Waals surface area contributed by atoms with Crippen LogP contribution in [0.5, 0.6) is 0 Å². The van der Waals surface area contributed by atoms with E-state index in [1.54, 1.807) is 6.07 Å². The number of nitrogens with one attached hydrogen (secondary N) is 1. The Morgan fingerprint density at radius 2 is 2.40 bits per heavy atom. The number of rotatable bonds is 2. The molecule has 0 aliphatic carbocycles. The standard InChI is InChI=1S/C11H12BrFN2/c1-2-7-3-4-9(15-7)10-8(12)5-6-14-11(10)13/h2,5-7,9,15H,1,3-4H2. The van der Waals surface area contributed by atoms with E-state index in [4.69, 9.17) is 0 Å². The first-order valence-electron chi connectivity index (χ1n) is 4.91. The van der Waals surface area contributed by atoms with Gasteiger partial charge in [-0.1, -0.05) is 22.0 Å². The SMILES string of the molecule is C=CC1CCC(c2c(Br)ccnc2F)N1. The molecule has 2 heterocycles. The van der Waals surface area contributed by atoms with Gasteiger partial charge in [-0.25, -0.2) is 4.98 Å². The second-order valence-electron chi connectivity index (χ2n) is 3.64. The van der Waals surface area contributed by atoms with E-state index in [1.165, 1.54) is 6.20 Å². The average molecular weight is 271 g/mol. The van der Waals surface area contributed by atoms with Crippen LogP contribution in [0.25, 0.3) is 0 Å². The molecule has 1 aliphatic heterocycles. The maximum absolute atomic E-state index is 13.5. The first-order chi connectivity index (χ1) is 7.22. The maximum atomic E-state index is 13.5. The molecule has 2 unspecified atom stereocenters. The minimum Gasteiger partial charge on any atom is -0.303 e. The van der Waals surface area contributed by atoms with Crippen molar-refractivity contribution in [3.63, 3.8) is 0 Å². The third-order valence-corrected chi connectivity index (χ3v) is 3.39. The zero-order chi connectivity index (χ0) is 10.8. The highest BCUT2D eigenvalue weighted by atomic mass is 79.9. The largest absolute Gasteiger partial charge is 0.303 e. The summed E-state index contributed by atoms with van der Waals surface area (Å²) in [6, 6.07) is 2.08. The lowest BCUT2D eigenvalue weighted by Gasteiger charge is -2.14. The Balaban J connectivity index is 2.27. The molecule has 1 aliphatic rings. The molecule has 1 aromatic rings. The van der Waals surface area contributed by atoms with Gasteiger partial charge in [0.2, 0.25) is 5.95 Å². The van der Waals surface area contributed by atoms with Gasteiger partial charge in [-0.3, -0.25) is 0 Å². The normalized spacial score (nSPS) is 25.5. The van der Waals surface area contributed by atoms with Crippen LogP contribution in [0.1, 0.15) is 24.4 Å². The highest BCUT2D eigenvalue weighted by Crippen LogP contribution is 2.32. The van der Waals surface area contributed by atoms with Crippen molar-refractivity contribution in [1.82, 2.24) is 10.3 Å². The van der Waals surface area contributed by atoms with Gasteiger partial charge in [-0.05, 0) is 18.9 Å². The lowest BCUT2D eigenvalue weighted by Crippen LogP contribution is -2.23. The van der Waals surface area contributed by atoms with E-state index >= 15 is 0 Å². The van der Waals surface area contributed by atoms with Crippen LogP contribution in [0.15, 0.2) is 29.4 Å². The molecule has 0 radical (unpaired) electrons. The number of hydrogen-bond acceptors (Lipinski definition) is 2. The summed E-state index contributed by atoms with van der Waals surface area (Å²) in [5.74, 6) is -0.397. The monoisotopic (exact) mass is 270 g/mol. The van der Waals surface area contributed by atoms with Gasteiger partial charge in [0.25, 0.3) is 0 Å². The Morgan fingerprint density at radius 3 is 3.00 bits per heavy atom. The highest BCUT2D eigenvalue weighted by molar-refractivity contribution is 9.10. The van der Waals surface area contributed by atoms with E-state index < -0.39 is 5.95 Å². The van der Waals surface area contributed by atoms with Gasteiger partial charge in [-0.15, -0.1) is 6.58 Å². The Morgan fingerprint density at radius 1 is 1.60 bits per heavy atom. The van der Waals surface area contributed by atoms with Crippen molar-refractivity contribution in [3.8, 4) is 0 Å². The van der Waals surface area contributed by atoms with E-state index in [2.05, 4.69) is 32.8 Å². The fourth-order valence-electron chi connectivity index (χ4n) is 1.92. The number of pyridine rings is 1. The third kappa shape index (κ3) is 2.11. The summed E-state index contributed by atoms with van der Waals surface area (Å²) < 4.78 is 14.3. The van der Waals surface area contributed by atoms with Gasteiger partial charge in [0.1, 0.15) is 0 Å². The van der Waals surface area contributed by atoms with Gasteiger partial charge in [0.15, 0.2) is 0 Å². The summed E-state index contributed by atoms with van der Waals surface area (Å²) in [6.45, 7) is 3.73. The third-order valence-electron chi connectivity index (χ3n) is 2.70. The zero-order valence-electron chi connectivity index (χ0n) is 8.21. The zero-order valence-corrected chi connectivity index (χ0v) is 9.80. The van der Waals surface area contributed by atoms with E-state index in [0.717, 1.165) is 17.3 Å². The van der Waals surface area contributed by atoms with Crippen molar-refractivity contribution >= 4 is 15.9 Å². The molecule has 2 rings (SSSR count). The Hall–Kier alpha value is -0.740. The van der Waals surface area contributed by atoms with E-state index in [1.807, 2.05) is 6.08 Å². The number of aromatic nitrogens is 1. The molecular formula is C11H12BrFN2. The minimum atomic E-state index is -0.397. The summed E-state index contributed by atoms with van der Waals surface area (Å²) in [5, 5.41) is 3.31. The lowest BCUT2D eigenvalue weighted by molar-refractivity contribution is 0.519. The molecule has 1 aromatic heterocycles. The van der Waals surface area contributed by atoms with Crippen molar-refractivity contribution in [2.24, 2.45) is 0 Å². The second-order valence-corrected chi connectivity index (χ2v) is 4.49. The number of nitrogens with zero attached hydrogens (tertiary/aromatic N) is 1. The molecule has 1 fully saturated rings. The first-order valence-corrected chi connectivity index (χ1v) is 5.70. The predicted molar refractivity (Wildman–Crippen MR) is 61.0 cm³/mol. The van der Waals surface area contributed by atoms with Crippen LogP contribution in [0.2, 0.25) is 0 Å². The quantitative estimate of drug-likeness (QED) is 0.660. The van der Waals surface area contributed by atoms with Gasteiger partial charge in [0, 0.05) is 28.3 Å². The Bertz CT molecular complexity index is 361. The molecule has 2 atom stereocenters. The van der Waals surface area contributed by atoms with Crippen molar-refractivity contribution in [1.29, 1.82) is 0 Å². The van der Waals surface area contributed by atoms with Crippen LogP contribution < -0.4 is 5.32 Å². The van der Waals surface area contributed by atoms with E-state index in [-0.39, 0.29) is 12.1 Å². The van der Waals surface area contributed by atoms with Crippen LogP contribution in [0.4, 0.5) is 4.39 Å². The topological polar surface area (TPSA) is 24.9 Å². The molecule has 1 saturated heterocycles. The van der Waals surface area contributed by atoms with Crippen LogP contribution in [-0.2, 0) is 0 Å². The van der Waals surface area contributed by atoms with Gasteiger partial charge in [-0.2, -0.15) is 4.39 Å². The summed E-state index contributed by atoms with van der Waals surface area (Å²) >= 11 is 3.35. The molecular weight excluding hydrogens is 259 g/mol. The molecule has 0 aromatic carbocycles. The molecule has 0 saturated carbocycles. The van der Waals surface area contributed by atoms with Gasteiger partial charge >= 0.3 is 0 Å². The first kappa shape index (κ1) is 10.8.